The van der Waals surface area contributed by atoms with Crippen LogP contribution in [0.5, 0.6) is 0 Å². The summed E-state index contributed by atoms with van der Waals surface area (Å²) in [5.41, 5.74) is 5.65. The molecule has 2 heteroatoms. The molecule has 2 nitrogen and oxygen atoms in total. The second-order valence-corrected chi connectivity index (χ2v) is 2.30. The second-order valence-electron chi connectivity index (χ2n) is 2.30. The molecule has 0 unspecified atom stereocenters. The van der Waals surface area contributed by atoms with Gasteiger partial charge in [0.1, 0.15) is 0 Å². The minimum absolute atomic E-state index is 0.400. The standard InChI is InChI=1S/C6H13NO/c7-6-2-1-4-8-5-3-6/h6H,1-5,7H2/t6-/m1/s1. The van der Waals surface area contributed by atoms with Crippen LogP contribution in [0, 0.1) is 0 Å². The van der Waals surface area contributed by atoms with Crippen LogP contribution in [0.25, 0.3) is 0 Å². The zero-order valence-corrected chi connectivity index (χ0v) is 5.10. The average Bonchev–Trinajstić information content (AvgIpc) is 1.94. The number of ether oxygens (including phenoxy) is 1. The van der Waals surface area contributed by atoms with Crippen molar-refractivity contribution in [3.05, 3.63) is 0 Å². The molecular weight excluding hydrogens is 102 g/mol. The van der Waals surface area contributed by atoms with E-state index in [1.54, 1.807) is 0 Å². The van der Waals surface area contributed by atoms with E-state index >= 15 is 0 Å². The van der Waals surface area contributed by atoms with Gasteiger partial charge in [0.15, 0.2) is 0 Å². The zero-order chi connectivity index (χ0) is 5.82. The highest BCUT2D eigenvalue weighted by Gasteiger charge is 2.05. The van der Waals surface area contributed by atoms with Crippen LogP contribution in [0.4, 0.5) is 0 Å². The summed E-state index contributed by atoms with van der Waals surface area (Å²) in [4.78, 5) is 0. The minimum atomic E-state index is 0.400. The molecule has 0 aromatic heterocycles. The van der Waals surface area contributed by atoms with E-state index in [2.05, 4.69) is 0 Å². The summed E-state index contributed by atoms with van der Waals surface area (Å²) in [6.45, 7) is 1.77. The summed E-state index contributed by atoms with van der Waals surface area (Å²) in [7, 11) is 0. The average molecular weight is 115 g/mol. The van der Waals surface area contributed by atoms with Crippen LogP contribution in [0.1, 0.15) is 19.3 Å². The molecule has 1 aliphatic rings. The molecule has 1 aliphatic heterocycles. The van der Waals surface area contributed by atoms with Gasteiger partial charge in [-0.05, 0) is 19.3 Å². The van der Waals surface area contributed by atoms with Gasteiger partial charge in [-0.3, -0.25) is 0 Å². The Balaban J connectivity index is 2.17. The van der Waals surface area contributed by atoms with Gasteiger partial charge in [0.05, 0.1) is 0 Å². The molecule has 0 saturated carbocycles. The van der Waals surface area contributed by atoms with Gasteiger partial charge in [0.25, 0.3) is 0 Å². The van der Waals surface area contributed by atoms with Crippen LogP contribution in [0.15, 0.2) is 0 Å². The lowest BCUT2D eigenvalue weighted by atomic mass is 10.1. The minimum Gasteiger partial charge on any atom is -0.381 e. The topological polar surface area (TPSA) is 35.2 Å². The van der Waals surface area contributed by atoms with Crippen molar-refractivity contribution in [1.29, 1.82) is 0 Å². The summed E-state index contributed by atoms with van der Waals surface area (Å²) in [6, 6.07) is 0.400. The first kappa shape index (κ1) is 6.05. The van der Waals surface area contributed by atoms with Crippen molar-refractivity contribution in [3.63, 3.8) is 0 Å². The maximum Gasteiger partial charge on any atom is 0.0480 e. The lowest BCUT2D eigenvalue weighted by Crippen LogP contribution is -2.19. The third-order valence-electron chi connectivity index (χ3n) is 1.50. The Labute approximate surface area is 50.0 Å². The van der Waals surface area contributed by atoms with Crippen LogP contribution >= 0.6 is 0 Å². The molecule has 0 bridgehead atoms. The van der Waals surface area contributed by atoms with Crippen molar-refractivity contribution >= 4 is 0 Å². The molecule has 8 heavy (non-hydrogen) atoms. The summed E-state index contributed by atoms with van der Waals surface area (Å²) in [5.74, 6) is 0. The Kier molecular flexibility index (Phi) is 2.30. The van der Waals surface area contributed by atoms with Gasteiger partial charge < -0.3 is 10.5 Å². The molecule has 2 N–H and O–H groups in total. The van der Waals surface area contributed by atoms with Crippen molar-refractivity contribution in [2.75, 3.05) is 13.2 Å². The van der Waals surface area contributed by atoms with Crippen molar-refractivity contribution in [2.24, 2.45) is 5.73 Å². The molecule has 1 saturated heterocycles. The van der Waals surface area contributed by atoms with Gasteiger partial charge in [-0.2, -0.15) is 0 Å². The number of hydrogen-bond acceptors (Lipinski definition) is 2. The Hall–Kier alpha value is -0.0800. The summed E-state index contributed by atoms with van der Waals surface area (Å²) in [6.07, 6.45) is 3.32. The van der Waals surface area contributed by atoms with Gasteiger partial charge in [-0.1, -0.05) is 0 Å². The summed E-state index contributed by atoms with van der Waals surface area (Å²) in [5, 5.41) is 0. The SMILES string of the molecule is N[C@@H]1CCCOCC1. The van der Waals surface area contributed by atoms with E-state index in [1.165, 1.54) is 0 Å². The zero-order valence-electron chi connectivity index (χ0n) is 5.10. The van der Waals surface area contributed by atoms with Crippen molar-refractivity contribution in [1.82, 2.24) is 0 Å². The molecule has 1 rings (SSSR count). The Morgan fingerprint density at radius 1 is 1.25 bits per heavy atom. The molecule has 0 aromatic carbocycles. The molecule has 0 aliphatic carbocycles. The first-order chi connectivity index (χ1) is 3.89. The van der Waals surface area contributed by atoms with E-state index in [4.69, 9.17) is 10.5 Å². The van der Waals surface area contributed by atoms with Gasteiger partial charge in [-0.15, -0.1) is 0 Å². The van der Waals surface area contributed by atoms with E-state index in [0.29, 0.717) is 6.04 Å². The van der Waals surface area contributed by atoms with Gasteiger partial charge in [0.2, 0.25) is 0 Å². The van der Waals surface area contributed by atoms with Gasteiger partial charge >= 0.3 is 0 Å². The van der Waals surface area contributed by atoms with Crippen LogP contribution in [0.2, 0.25) is 0 Å². The lowest BCUT2D eigenvalue weighted by Gasteiger charge is -2.02. The lowest BCUT2D eigenvalue weighted by molar-refractivity contribution is 0.143. The Bertz CT molecular complexity index is 57.5. The Morgan fingerprint density at radius 2 is 2.12 bits per heavy atom. The molecule has 48 valence electrons. The third-order valence-corrected chi connectivity index (χ3v) is 1.50. The second kappa shape index (κ2) is 3.05. The third kappa shape index (κ3) is 1.80. The molecule has 1 heterocycles. The maximum atomic E-state index is 5.65. The molecule has 1 atom stereocenters. The largest absolute Gasteiger partial charge is 0.381 e. The fraction of sp³-hybridized carbons (Fsp3) is 1.00. The van der Waals surface area contributed by atoms with E-state index in [9.17, 15) is 0 Å². The van der Waals surface area contributed by atoms with Crippen molar-refractivity contribution in [3.8, 4) is 0 Å². The highest BCUT2D eigenvalue weighted by atomic mass is 16.5. The molecule has 0 radical (unpaired) electrons. The first-order valence-corrected chi connectivity index (χ1v) is 3.23. The summed E-state index contributed by atoms with van der Waals surface area (Å²) >= 11 is 0. The molecule has 0 amide bonds. The fourth-order valence-corrected chi connectivity index (χ4v) is 0.929. The highest BCUT2D eigenvalue weighted by molar-refractivity contribution is 4.62. The molecule has 1 fully saturated rings. The smallest absolute Gasteiger partial charge is 0.0480 e. The van der Waals surface area contributed by atoms with Gasteiger partial charge in [0, 0.05) is 19.3 Å². The molecule has 0 aromatic rings. The van der Waals surface area contributed by atoms with Crippen molar-refractivity contribution < 1.29 is 4.74 Å². The number of rotatable bonds is 0. The van der Waals surface area contributed by atoms with E-state index in [-0.39, 0.29) is 0 Å². The van der Waals surface area contributed by atoms with Crippen LogP contribution in [-0.2, 0) is 4.74 Å². The normalized spacial score (nSPS) is 31.9. The fourth-order valence-electron chi connectivity index (χ4n) is 0.929. The van der Waals surface area contributed by atoms with Crippen LogP contribution in [0.3, 0.4) is 0 Å². The van der Waals surface area contributed by atoms with E-state index < -0.39 is 0 Å². The van der Waals surface area contributed by atoms with Crippen LogP contribution < -0.4 is 5.73 Å². The van der Waals surface area contributed by atoms with Gasteiger partial charge in [-0.25, -0.2) is 0 Å². The Morgan fingerprint density at radius 3 is 3.00 bits per heavy atom. The predicted molar refractivity (Wildman–Crippen MR) is 32.6 cm³/mol. The van der Waals surface area contributed by atoms with Crippen LogP contribution in [-0.4, -0.2) is 19.3 Å². The number of hydrogen-bond donors (Lipinski definition) is 1. The molecule has 0 spiro atoms. The first-order valence-electron chi connectivity index (χ1n) is 3.23. The van der Waals surface area contributed by atoms with E-state index in [0.717, 1.165) is 32.5 Å². The maximum absolute atomic E-state index is 5.65. The van der Waals surface area contributed by atoms with Crippen molar-refractivity contribution in [2.45, 2.75) is 25.3 Å². The van der Waals surface area contributed by atoms with E-state index in [1.807, 2.05) is 0 Å². The quantitative estimate of drug-likeness (QED) is 0.499. The molecular formula is C6H13NO. The predicted octanol–water partition coefficient (Wildman–Crippen LogP) is 0.514. The highest BCUT2D eigenvalue weighted by Crippen LogP contribution is 2.04. The monoisotopic (exact) mass is 115 g/mol. The summed E-state index contributed by atoms with van der Waals surface area (Å²) < 4.78 is 5.18. The number of nitrogens with two attached hydrogens (primary N) is 1.